The average molecular weight is 708 g/mol. The van der Waals surface area contributed by atoms with Crippen LogP contribution in [-0.2, 0) is 11.3 Å². The number of rotatable bonds is 4. The molecule has 1 aromatic heterocycles. The summed E-state index contributed by atoms with van der Waals surface area (Å²) in [6, 6.07) is 9.89. The molecule has 2 aromatic rings. The van der Waals surface area contributed by atoms with Gasteiger partial charge >= 0.3 is 0 Å². The zero-order chi connectivity index (χ0) is 33.7. The quantitative estimate of drug-likeness (QED) is 0.277. The largest absolute Gasteiger partial charge is 0.390 e. The highest BCUT2D eigenvalue weighted by Crippen LogP contribution is 2.75. The fraction of sp³-hybridized carbons (Fsp3) is 0.700. The number of carbonyl (C=O) groups is 1. The highest BCUT2D eigenvalue weighted by Gasteiger charge is 2.70. The summed E-state index contributed by atoms with van der Waals surface area (Å²) < 4.78 is 6.67. The molecule has 6 nitrogen and oxygen atoms in total. The highest BCUT2D eigenvalue weighted by molar-refractivity contribution is 9.10. The molecule has 5 aliphatic rings. The molecule has 0 bridgehead atoms. The lowest BCUT2D eigenvalue weighted by Crippen LogP contribution is -2.67. The van der Waals surface area contributed by atoms with Crippen molar-refractivity contribution in [1.29, 1.82) is 0 Å². The number of benzene rings is 1. The number of hydrogen-bond acceptors (Lipinski definition) is 5. The summed E-state index contributed by atoms with van der Waals surface area (Å²) in [5, 5.41) is 29.9. The van der Waals surface area contributed by atoms with E-state index in [1.165, 1.54) is 5.57 Å². The van der Waals surface area contributed by atoms with Gasteiger partial charge in [0.25, 0.3) is 0 Å². The van der Waals surface area contributed by atoms with Crippen LogP contribution in [0.4, 0.5) is 0 Å². The van der Waals surface area contributed by atoms with E-state index in [1.807, 2.05) is 30.3 Å². The minimum atomic E-state index is -0.691. The Kier molecular flexibility index (Phi) is 8.05. The van der Waals surface area contributed by atoms with Crippen molar-refractivity contribution < 1.29 is 19.5 Å². The van der Waals surface area contributed by atoms with E-state index in [1.54, 1.807) is 0 Å². The zero-order valence-electron chi connectivity index (χ0n) is 29.4. The zero-order valence-corrected chi connectivity index (χ0v) is 31.0. The van der Waals surface area contributed by atoms with Gasteiger partial charge in [-0.25, -0.2) is 0 Å². The van der Waals surface area contributed by atoms with E-state index < -0.39 is 17.6 Å². The number of aliphatic hydroxyl groups excluding tert-OH is 2. The molecule has 0 saturated heterocycles. The Balaban J connectivity index is 1.20. The van der Waals surface area contributed by atoms with Gasteiger partial charge in [0.05, 0.1) is 24.2 Å². The van der Waals surface area contributed by atoms with E-state index >= 15 is 0 Å². The van der Waals surface area contributed by atoms with Crippen LogP contribution >= 0.6 is 15.9 Å². The summed E-state index contributed by atoms with van der Waals surface area (Å²) in [5.41, 5.74) is 2.49. The Bertz CT molecular complexity index is 1580. The van der Waals surface area contributed by atoms with E-state index in [4.69, 9.17) is 4.52 Å². The topological polar surface area (TPSA) is 95.6 Å². The predicted octanol–water partition coefficient (Wildman–Crippen LogP) is 8.71. The smallest absolute Gasteiger partial charge is 0.227 e. The Hall–Kier alpha value is -1.96. The lowest BCUT2D eigenvalue weighted by molar-refractivity contribution is -0.231. The first-order valence-electron chi connectivity index (χ1n) is 18.2. The van der Waals surface area contributed by atoms with Gasteiger partial charge in [-0.05, 0) is 109 Å². The van der Waals surface area contributed by atoms with Gasteiger partial charge < -0.3 is 20.1 Å². The molecule has 2 unspecified atom stereocenters. The second kappa shape index (κ2) is 11.3. The third-order valence-corrected chi connectivity index (χ3v) is 16.2. The minimum absolute atomic E-state index is 0.0161. The van der Waals surface area contributed by atoms with Crippen LogP contribution in [0.2, 0.25) is 0 Å². The molecular formula is C40H55BrN2O4. The Morgan fingerprint density at radius 2 is 1.77 bits per heavy atom. The predicted molar refractivity (Wildman–Crippen MR) is 188 cm³/mol. The number of aromatic nitrogens is 1. The number of halogens is 1. The lowest BCUT2D eigenvalue weighted by Gasteiger charge is -2.71. The van der Waals surface area contributed by atoms with E-state index in [0.717, 1.165) is 60.7 Å². The van der Waals surface area contributed by atoms with E-state index in [-0.39, 0.29) is 33.5 Å². The van der Waals surface area contributed by atoms with Crippen molar-refractivity contribution in [3.63, 3.8) is 0 Å². The number of amides is 1. The highest BCUT2D eigenvalue weighted by atomic mass is 79.9. The molecule has 47 heavy (non-hydrogen) atoms. The maximum atomic E-state index is 14.6. The van der Waals surface area contributed by atoms with Crippen LogP contribution < -0.4 is 5.32 Å². The maximum Gasteiger partial charge on any atom is 0.227 e. The fourth-order valence-electron chi connectivity index (χ4n) is 12.6. The molecule has 0 spiro atoms. The lowest BCUT2D eigenvalue weighted by atomic mass is 9.33. The third kappa shape index (κ3) is 4.67. The molecule has 5 aliphatic carbocycles. The Labute approximate surface area is 289 Å². The standard InChI is InChI=1S/C40H55BrN2O4/c1-23-14-17-40(35(46)42-22-25-20-29(43-47-25)26-10-8-9-11-28(26)41)19-18-38(6)27(33(40)24(23)2)12-13-32-37(5)21-30(44)34(45)36(3,4)31(37)15-16-39(32,38)7/h8-12,20,23-24,30-34,44-45H,13-19,21-22H2,1-7H3,(H,42,46)/t23-,24+,30-,31?,32?,33+,34+,37+,38-,39-,40+/m1/s1. The molecule has 11 atom stereocenters. The molecule has 7 heteroatoms. The van der Waals surface area contributed by atoms with E-state index in [0.29, 0.717) is 42.4 Å². The van der Waals surface area contributed by atoms with Crippen LogP contribution in [0.25, 0.3) is 11.3 Å². The third-order valence-electron chi connectivity index (χ3n) is 15.5. The normalized spacial score (nSPS) is 43.9. The number of nitrogens with zero attached hydrogens (tertiary/aromatic N) is 1. The SMILES string of the molecule is C[C@H]1[C@H](C)CC[C@]2(C(=O)NCc3cc(-c4ccccc4Br)no3)CC[C@]3(C)C(=CCC4[C@@]5(C)C[C@@H](O)[C@H](O)C(C)(C)C5CC[C@]43C)[C@H]12. The molecule has 7 rings (SSSR count). The second-order valence-electron chi connectivity index (χ2n) is 17.7. The van der Waals surface area contributed by atoms with Crippen molar-refractivity contribution in [3.05, 3.63) is 52.2 Å². The summed E-state index contributed by atoms with van der Waals surface area (Å²) in [7, 11) is 0. The van der Waals surface area contributed by atoms with Crippen molar-refractivity contribution in [2.45, 2.75) is 119 Å². The van der Waals surface area contributed by atoms with Crippen molar-refractivity contribution in [1.82, 2.24) is 10.5 Å². The number of fused-ring (bicyclic) bond motifs is 7. The van der Waals surface area contributed by atoms with Crippen LogP contribution in [0.3, 0.4) is 0 Å². The van der Waals surface area contributed by atoms with E-state index in [9.17, 15) is 15.0 Å². The van der Waals surface area contributed by atoms with Gasteiger partial charge in [-0.2, -0.15) is 0 Å². The molecule has 4 fully saturated rings. The van der Waals surface area contributed by atoms with E-state index in [2.05, 4.69) is 80.9 Å². The monoisotopic (exact) mass is 706 g/mol. The number of allylic oxidation sites excluding steroid dienone is 2. The molecule has 256 valence electrons. The molecule has 4 saturated carbocycles. The Morgan fingerprint density at radius 1 is 1.02 bits per heavy atom. The molecule has 0 radical (unpaired) electrons. The molecular weight excluding hydrogens is 652 g/mol. The average Bonchev–Trinajstić information content (AvgIpc) is 3.50. The summed E-state index contributed by atoms with van der Waals surface area (Å²) in [6.07, 6.45) is 8.92. The summed E-state index contributed by atoms with van der Waals surface area (Å²) in [4.78, 5) is 14.6. The number of hydrogen-bond donors (Lipinski definition) is 3. The summed E-state index contributed by atoms with van der Waals surface area (Å²) >= 11 is 3.61. The molecule has 1 amide bonds. The first-order chi connectivity index (χ1) is 22.1. The van der Waals surface area contributed by atoms with Crippen LogP contribution in [0.5, 0.6) is 0 Å². The van der Waals surface area contributed by atoms with Crippen molar-refractivity contribution >= 4 is 21.8 Å². The maximum absolute atomic E-state index is 14.6. The van der Waals surface area contributed by atoms with Crippen molar-refractivity contribution in [2.24, 2.45) is 56.7 Å². The van der Waals surface area contributed by atoms with Gasteiger partial charge in [-0.15, -0.1) is 0 Å². The number of nitrogens with one attached hydrogen (secondary N) is 1. The number of carbonyl (C=O) groups excluding carboxylic acids is 1. The van der Waals surface area contributed by atoms with Crippen LogP contribution in [0, 0.1) is 56.7 Å². The minimum Gasteiger partial charge on any atom is -0.390 e. The van der Waals surface area contributed by atoms with Gasteiger partial charge in [0.1, 0.15) is 5.69 Å². The van der Waals surface area contributed by atoms with Gasteiger partial charge in [-0.1, -0.05) is 99.4 Å². The molecule has 1 heterocycles. The second-order valence-corrected chi connectivity index (χ2v) is 18.5. The van der Waals surface area contributed by atoms with Gasteiger partial charge in [0, 0.05) is 16.1 Å². The first-order valence-corrected chi connectivity index (χ1v) is 18.9. The molecule has 1 aromatic carbocycles. The van der Waals surface area contributed by atoms with Crippen LogP contribution in [0.1, 0.15) is 106 Å². The fourth-order valence-corrected chi connectivity index (χ4v) is 13.0. The summed E-state index contributed by atoms with van der Waals surface area (Å²) in [5.74, 6) is 2.78. The summed E-state index contributed by atoms with van der Waals surface area (Å²) in [6.45, 7) is 17.0. The molecule has 0 aliphatic heterocycles. The number of aliphatic hydroxyl groups is 2. The van der Waals surface area contributed by atoms with Gasteiger partial charge in [0.15, 0.2) is 5.76 Å². The van der Waals surface area contributed by atoms with Crippen molar-refractivity contribution in [2.75, 3.05) is 0 Å². The van der Waals surface area contributed by atoms with Crippen LogP contribution in [0.15, 0.2) is 51.0 Å². The van der Waals surface area contributed by atoms with Crippen LogP contribution in [-0.4, -0.2) is 33.5 Å². The van der Waals surface area contributed by atoms with Crippen molar-refractivity contribution in [3.8, 4) is 11.3 Å². The first kappa shape index (κ1) is 33.5. The van der Waals surface area contributed by atoms with Gasteiger partial charge in [-0.3, -0.25) is 4.79 Å². The Morgan fingerprint density at radius 3 is 2.51 bits per heavy atom. The molecule has 3 N–H and O–H groups in total. The van der Waals surface area contributed by atoms with Gasteiger partial charge in [0.2, 0.25) is 5.91 Å².